The summed E-state index contributed by atoms with van der Waals surface area (Å²) < 4.78 is 23.6. The number of amides is 1. The van der Waals surface area contributed by atoms with Crippen LogP contribution in [0.4, 0.5) is 11.4 Å². The zero-order valence-corrected chi connectivity index (χ0v) is 16.9. The van der Waals surface area contributed by atoms with Crippen LogP contribution in [0.5, 0.6) is 0 Å². The molecule has 1 amide bonds. The fourth-order valence-electron chi connectivity index (χ4n) is 3.18. The van der Waals surface area contributed by atoms with E-state index in [1.807, 2.05) is 37.3 Å². The molecule has 1 heterocycles. The van der Waals surface area contributed by atoms with Crippen LogP contribution in [0.3, 0.4) is 0 Å². The lowest BCUT2D eigenvalue weighted by Gasteiger charge is -2.20. The standard InChI is InChI=1S/C20H22N4O4S/c1-3-14-9-10-15(11-19(14)29(21,27)28)22-20(26)17-12-18(13(2)25)24(23-17)16-7-5-4-6-8-16/h4-11,18H,3,12H2,1-2H3,(H,22,26)(H2,21,27,28). The lowest BCUT2D eigenvalue weighted by molar-refractivity contribution is -0.118. The molecule has 1 unspecified atom stereocenters. The number of Topliss-reactive ketones (excluding diaryl/α,β-unsaturated/α-hetero) is 1. The van der Waals surface area contributed by atoms with Gasteiger partial charge in [0.25, 0.3) is 5.91 Å². The van der Waals surface area contributed by atoms with Crippen molar-refractivity contribution in [3.05, 3.63) is 54.1 Å². The molecule has 0 aromatic heterocycles. The van der Waals surface area contributed by atoms with E-state index in [9.17, 15) is 18.0 Å². The van der Waals surface area contributed by atoms with E-state index < -0.39 is 22.0 Å². The van der Waals surface area contributed by atoms with Gasteiger partial charge < -0.3 is 5.32 Å². The molecular weight excluding hydrogens is 392 g/mol. The maximum atomic E-state index is 12.7. The molecule has 0 radical (unpaired) electrons. The van der Waals surface area contributed by atoms with Crippen LogP contribution in [0.15, 0.2) is 58.5 Å². The van der Waals surface area contributed by atoms with Gasteiger partial charge in [-0.25, -0.2) is 13.6 Å². The van der Waals surface area contributed by atoms with E-state index >= 15 is 0 Å². The van der Waals surface area contributed by atoms with Crippen LogP contribution in [0.2, 0.25) is 0 Å². The number of ketones is 1. The van der Waals surface area contributed by atoms with Crippen LogP contribution < -0.4 is 15.5 Å². The second kappa shape index (κ2) is 8.14. The Hall–Kier alpha value is -3.04. The van der Waals surface area contributed by atoms with Gasteiger partial charge in [-0.15, -0.1) is 0 Å². The first-order chi connectivity index (χ1) is 13.7. The monoisotopic (exact) mass is 414 g/mol. The number of primary sulfonamides is 1. The van der Waals surface area contributed by atoms with E-state index in [1.54, 1.807) is 12.1 Å². The molecule has 1 aliphatic rings. The first-order valence-electron chi connectivity index (χ1n) is 9.10. The topological polar surface area (TPSA) is 122 Å². The van der Waals surface area contributed by atoms with Crippen molar-refractivity contribution in [1.82, 2.24) is 0 Å². The SMILES string of the molecule is CCc1ccc(NC(=O)C2=NN(c3ccccc3)C(C(C)=O)C2)cc1S(N)(=O)=O. The molecule has 1 aliphatic heterocycles. The number of anilines is 2. The van der Waals surface area contributed by atoms with Gasteiger partial charge in [-0.1, -0.05) is 31.2 Å². The lowest BCUT2D eigenvalue weighted by atomic mass is 10.1. The molecule has 0 aliphatic carbocycles. The number of hydrazone groups is 1. The number of carbonyl (C=O) groups is 2. The van der Waals surface area contributed by atoms with E-state index in [0.29, 0.717) is 17.7 Å². The Kier molecular flexibility index (Phi) is 5.81. The Labute approximate surface area is 169 Å². The van der Waals surface area contributed by atoms with Crippen molar-refractivity contribution in [2.45, 2.75) is 37.6 Å². The predicted octanol–water partition coefficient (Wildman–Crippen LogP) is 2.06. The number of aryl methyl sites for hydroxylation is 1. The van der Waals surface area contributed by atoms with Gasteiger partial charge in [0, 0.05) is 12.1 Å². The Morgan fingerprint density at radius 1 is 1.21 bits per heavy atom. The molecule has 3 rings (SSSR count). The van der Waals surface area contributed by atoms with Crippen molar-refractivity contribution < 1.29 is 18.0 Å². The number of sulfonamides is 1. The highest BCUT2D eigenvalue weighted by atomic mass is 32.2. The molecule has 1 atom stereocenters. The minimum atomic E-state index is -3.92. The Morgan fingerprint density at radius 3 is 2.48 bits per heavy atom. The van der Waals surface area contributed by atoms with Crippen molar-refractivity contribution in [2.24, 2.45) is 10.2 Å². The molecule has 152 valence electrons. The van der Waals surface area contributed by atoms with E-state index in [0.717, 1.165) is 0 Å². The highest BCUT2D eigenvalue weighted by Crippen LogP contribution is 2.26. The fourth-order valence-corrected chi connectivity index (χ4v) is 4.04. The van der Waals surface area contributed by atoms with Crippen LogP contribution >= 0.6 is 0 Å². The normalized spacial score (nSPS) is 16.4. The van der Waals surface area contributed by atoms with Gasteiger partial charge in [-0.2, -0.15) is 5.10 Å². The van der Waals surface area contributed by atoms with Crippen molar-refractivity contribution in [3.8, 4) is 0 Å². The molecule has 0 spiro atoms. The summed E-state index contributed by atoms with van der Waals surface area (Å²) in [6.07, 6.45) is 0.643. The molecule has 8 nitrogen and oxygen atoms in total. The highest BCUT2D eigenvalue weighted by Gasteiger charge is 2.34. The number of para-hydroxylation sites is 1. The Bertz CT molecular complexity index is 1080. The van der Waals surface area contributed by atoms with Gasteiger partial charge in [-0.3, -0.25) is 14.6 Å². The summed E-state index contributed by atoms with van der Waals surface area (Å²) in [6.45, 7) is 3.27. The second-order valence-electron chi connectivity index (χ2n) is 6.73. The maximum absolute atomic E-state index is 12.7. The molecule has 2 aromatic rings. The molecular formula is C20H22N4O4S. The van der Waals surface area contributed by atoms with E-state index in [4.69, 9.17) is 5.14 Å². The van der Waals surface area contributed by atoms with Gasteiger partial charge >= 0.3 is 0 Å². The number of carbonyl (C=O) groups excluding carboxylic acids is 2. The zero-order valence-electron chi connectivity index (χ0n) is 16.1. The summed E-state index contributed by atoms with van der Waals surface area (Å²) in [7, 11) is -3.92. The molecule has 2 aromatic carbocycles. The summed E-state index contributed by atoms with van der Waals surface area (Å²) in [4.78, 5) is 24.7. The number of nitrogens with two attached hydrogens (primary N) is 1. The van der Waals surface area contributed by atoms with Crippen molar-refractivity contribution in [2.75, 3.05) is 10.3 Å². The summed E-state index contributed by atoms with van der Waals surface area (Å²) in [6, 6.07) is 13.1. The lowest BCUT2D eigenvalue weighted by Crippen LogP contribution is -2.33. The van der Waals surface area contributed by atoms with Gasteiger partial charge in [0.1, 0.15) is 11.8 Å². The quantitative estimate of drug-likeness (QED) is 0.749. The van der Waals surface area contributed by atoms with E-state index in [1.165, 1.54) is 18.0 Å². The zero-order chi connectivity index (χ0) is 21.2. The van der Waals surface area contributed by atoms with Crippen LogP contribution in [-0.4, -0.2) is 31.9 Å². The largest absolute Gasteiger partial charge is 0.321 e. The van der Waals surface area contributed by atoms with Gasteiger partial charge in [0.05, 0.1) is 10.6 Å². The maximum Gasteiger partial charge on any atom is 0.271 e. The smallest absolute Gasteiger partial charge is 0.271 e. The van der Waals surface area contributed by atoms with Crippen molar-refractivity contribution >= 4 is 38.8 Å². The van der Waals surface area contributed by atoms with E-state index in [2.05, 4.69) is 10.4 Å². The van der Waals surface area contributed by atoms with Crippen molar-refractivity contribution in [3.63, 3.8) is 0 Å². The highest BCUT2D eigenvalue weighted by molar-refractivity contribution is 7.89. The van der Waals surface area contributed by atoms with Gasteiger partial charge in [-0.05, 0) is 43.2 Å². The van der Waals surface area contributed by atoms with Crippen LogP contribution in [0, 0.1) is 0 Å². The summed E-state index contributed by atoms with van der Waals surface area (Å²) >= 11 is 0. The Balaban J connectivity index is 1.87. The van der Waals surface area contributed by atoms with E-state index in [-0.39, 0.29) is 28.5 Å². The molecule has 0 saturated heterocycles. The minimum Gasteiger partial charge on any atom is -0.321 e. The van der Waals surface area contributed by atoms with Gasteiger partial charge in [0.15, 0.2) is 5.78 Å². The Morgan fingerprint density at radius 2 is 1.90 bits per heavy atom. The molecule has 0 fully saturated rings. The number of hydrogen-bond acceptors (Lipinski definition) is 6. The third kappa shape index (κ3) is 4.52. The molecule has 29 heavy (non-hydrogen) atoms. The number of rotatable bonds is 6. The number of hydrogen-bond donors (Lipinski definition) is 2. The molecule has 3 N–H and O–H groups in total. The third-order valence-corrected chi connectivity index (χ3v) is 5.67. The average Bonchev–Trinajstić information content (AvgIpc) is 3.14. The number of nitrogens with zero attached hydrogens (tertiary/aromatic N) is 2. The predicted molar refractivity (Wildman–Crippen MR) is 111 cm³/mol. The van der Waals surface area contributed by atoms with Crippen LogP contribution in [0.1, 0.15) is 25.8 Å². The average molecular weight is 414 g/mol. The molecule has 0 saturated carbocycles. The third-order valence-electron chi connectivity index (χ3n) is 4.67. The second-order valence-corrected chi connectivity index (χ2v) is 8.26. The van der Waals surface area contributed by atoms with Crippen LogP contribution in [0.25, 0.3) is 0 Å². The molecule has 0 bridgehead atoms. The number of nitrogens with one attached hydrogen (secondary N) is 1. The summed E-state index contributed by atoms with van der Waals surface area (Å²) in [5.41, 5.74) is 1.75. The fraction of sp³-hybridized carbons (Fsp3) is 0.250. The number of benzene rings is 2. The van der Waals surface area contributed by atoms with Gasteiger partial charge in [0.2, 0.25) is 10.0 Å². The first-order valence-corrected chi connectivity index (χ1v) is 10.6. The van der Waals surface area contributed by atoms with Crippen molar-refractivity contribution in [1.29, 1.82) is 0 Å². The first kappa shape index (κ1) is 20.7. The van der Waals surface area contributed by atoms with Crippen LogP contribution in [-0.2, 0) is 26.0 Å². The molecule has 9 heteroatoms. The minimum absolute atomic E-state index is 0.0290. The summed E-state index contributed by atoms with van der Waals surface area (Å²) in [5, 5.41) is 13.8. The summed E-state index contributed by atoms with van der Waals surface area (Å²) in [5.74, 6) is -0.608.